The molecule has 2 aliphatic rings. The summed E-state index contributed by atoms with van der Waals surface area (Å²) >= 11 is 0. The summed E-state index contributed by atoms with van der Waals surface area (Å²) in [7, 11) is 0. The molecule has 0 N–H and O–H groups in total. The fourth-order valence-corrected chi connectivity index (χ4v) is 3.64. The molecule has 0 spiro atoms. The van der Waals surface area contributed by atoms with E-state index in [4.69, 9.17) is 4.52 Å². The Labute approximate surface area is 143 Å². The molecule has 1 aliphatic carbocycles. The second kappa shape index (κ2) is 7.47. The molecule has 2 atom stereocenters. The van der Waals surface area contributed by atoms with E-state index in [1.165, 1.54) is 19.3 Å². The lowest BCUT2D eigenvalue weighted by atomic mass is 10.0. The molecule has 24 heavy (non-hydrogen) atoms. The van der Waals surface area contributed by atoms with Crippen molar-refractivity contribution in [3.05, 3.63) is 23.9 Å². The van der Waals surface area contributed by atoms with E-state index < -0.39 is 0 Å². The van der Waals surface area contributed by atoms with E-state index in [1.807, 2.05) is 18.7 Å². The monoisotopic (exact) mass is 332 g/mol. The maximum atomic E-state index is 12.2. The molecule has 1 amide bonds. The van der Waals surface area contributed by atoms with Gasteiger partial charge in [-0.3, -0.25) is 9.69 Å². The summed E-state index contributed by atoms with van der Waals surface area (Å²) in [5, 5.41) is 4.04. The Morgan fingerprint density at radius 2 is 2.29 bits per heavy atom. The van der Waals surface area contributed by atoms with Crippen LogP contribution < -0.4 is 0 Å². The fraction of sp³-hybridized carbons (Fsp3) is 0.722. The molecule has 6 nitrogen and oxygen atoms in total. The SMILES string of the molecule is CC(=O)N(Cc1noc(C(C)C)n1)C1CCN(C2C=CCCC2)C1. The highest BCUT2D eigenvalue weighted by molar-refractivity contribution is 5.73. The molecule has 1 aliphatic heterocycles. The van der Waals surface area contributed by atoms with Gasteiger partial charge in [-0.1, -0.05) is 31.2 Å². The average Bonchev–Trinajstić information content (AvgIpc) is 3.23. The van der Waals surface area contributed by atoms with Gasteiger partial charge in [-0.25, -0.2) is 0 Å². The fourth-order valence-electron chi connectivity index (χ4n) is 3.64. The van der Waals surface area contributed by atoms with Gasteiger partial charge < -0.3 is 9.42 Å². The topological polar surface area (TPSA) is 62.5 Å². The van der Waals surface area contributed by atoms with Gasteiger partial charge in [0.15, 0.2) is 5.82 Å². The number of carbonyl (C=O) groups excluding carboxylic acids is 1. The minimum Gasteiger partial charge on any atom is -0.339 e. The molecule has 0 saturated carbocycles. The van der Waals surface area contributed by atoms with Crippen LogP contribution in [0.5, 0.6) is 0 Å². The number of hydrogen-bond donors (Lipinski definition) is 0. The van der Waals surface area contributed by atoms with Gasteiger partial charge in [0, 0.05) is 38.0 Å². The van der Waals surface area contributed by atoms with Gasteiger partial charge in [-0.15, -0.1) is 0 Å². The lowest BCUT2D eigenvalue weighted by Gasteiger charge is -2.30. The maximum absolute atomic E-state index is 12.2. The van der Waals surface area contributed by atoms with Gasteiger partial charge in [0.1, 0.15) is 0 Å². The zero-order chi connectivity index (χ0) is 17.1. The maximum Gasteiger partial charge on any atom is 0.229 e. The highest BCUT2D eigenvalue weighted by atomic mass is 16.5. The summed E-state index contributed by atoms with van der Waals surface area (Å²) in [4.78, 5) is 21.0. The van der Waals surface area contributed by atoms with E-state index in [1.54, 1.807) is 6.92 Å². The molecule has 6 heteroatoms. The highest BCUT2D eigenvalue weighted by Crippen LogP contribution is 2.24. The summed E-state index contributed by atoms with van der Waals surface area (Å²) < 4.78 is 5.27. The van der Waals surface area contributed by atoms with Gasteiger partial charge >= 0.3 is 0 Å². The second-order valence-electron chi connectivity index (χ2n) is 7.21. The third kappa shape index (κ3) is 3.86. The standard InChI is InChI=1S/C18H28N4O2/c1-13(2)18-19-17(20-24-18)12-22(14(3)23)16-9-10-21(11-16)15-7-5-4-6-8-15/h5,7,13,15-16H,4,6,8-12H2,1-3H3. The van der Waals surface area contributed by atoms with Crippen molar-refractivity contribution in [2.75, 3.05) is 13.1 Å². The smallest absolute Gasteiger partial charge is 0.229 e. The van der Waals surface area contributed by atoms with Gasteiger partial charge in [-0.05, 0) is 25.7 Å². The molecule has 132 valence electrons. The van der Waals surface area contributed by atoms with Gasteiger partial charge in [-0.2, -0.15) is 4.98 Å². The number of rotatable bonds is 5. The third-order valence-corrected chi connectivity index (χ3v) is 5.03. The average molecular weight is 332 g/mol. The van der Waals surface area contributed by atoms with Crippen molar-refractivity contribution < 1.29 is 9.32 Å². The van der Waals surface area contributed by atoms with Gasteiger partial charge in [0.25, 0.3) is 0 Å². The van der Waals surface area contributed by atoms with E-state index in [-0.39, 0.29) is 17.9 Å². The lowest BCUT2D eigenvalue weighted by molar-refractivity contribution is -0.131. The zero-order valence-electron chi connectivity index (χ0n) is 14.9. The summed E-state index contributed by atoms with van der Waals surface area (Å²) in [6.45, 7) is 8.09. The van der Waals surface area contributed by atoms with Crippen LogP contribution in [0.1, 0.15) is 64.1 Å². The Kier molecular flexibility index (Phi) is 5.33. The molecule has 1 aromatic heterocycles. The first-order valence-corrected chi connectivity index (χ1v) is 9.05. The molecule has 2 unspecified atom stereocenters. The van der Waals surface area contributed by atoms with Crippen LogP contribution in [-0.4, -0.2) is 51.0 Å². The zero-order valence-corrected chi connectivity index (χ0v) is 14.9. The van der Waals surface area contributed by atoms with E-state index >= 15 is 0 Å². The number of hydrogen-bond acceptors (Lipinski definition) is 5. The third-order valence-electron chi connectivity index (χ3n) is 5.03. The van der Waals surface area contributed by atoms with E-state index in [2.05, 4.69) is 27.2 Å². The molecule has 1 saturated heterocycles. The molecule has 0 radical (unpaired) electrons. The number of aromatic nitrogens is 2. The van der Waals surface area contributed by atoms with Crippen molar-refractivity contribution in [1.82, 2.24) is 19.9 Å². The number of likely N-dealkylation sites (tertiary alicyclic amines) is 1. The predicted octanol–water partition coefficient (Wildman–Crippen LogP) is 2.72. The normalized spacial score (nSPS) is 24.7. The molecule has 3 rings (SSSR count). The highest BCUT2D eigenvalue weighted by Gasteiger charge is 2.33. The number of amides is 1. The van der Waals surface area contributed by atoms with Crippen LogP contribution in [0, 0.1) is 0 Å². The Hall–Kier alpha value is -1.69. The van der Waals surface area contributed by atoms with E-state index in [9.17, 15) is 4.79 Å². The quantitative estimate of drug-likeness (QED) is 0.776. The van der Waals surface area contributed by atoms with Crippen LogP contribution in [-0.2, 0) is 11.3 Å². The molecule has 2 heterocycles. The summed E-state index contributed by atoms with van der Waals surface area (Å²) in [6.07, 6.45) is 9.32. The number of allylic oxidation sites excluding steroid dienone is 1. The van der Waals surface area contributed by atoms with Crippen LogP contribution in [0.25, 0.3) is 0 Å². The summed E-state index contributed by atoms with van der Waals surface area (Å²) in [5.74, 6) is 1.52. The van der Waals surface area contributed by atoms with Crippen LogP contribution in [0.15, 0.2) is 16.7 Å². The van der Waals surface area contributed by atoms with E-state index in [0.717, 1.165) is 19.5 Å². The van der Waals surface area contributed by atoms with Crippen molar-refractivity contribution in [1.29, 1.82) is 0 Å². The van der Waals surface area contributed by atoms with Crippen molar-refractivity contribution in [2.24, 2.45) is 0 Å². The first kappa shape index (κ1) is 17.1. The predicted molar refractivity (Wildman–Crippen MR) is 91.4 cm³/mol. The van der Waals surface area contributed by atoms with Crippen molar-refractivity contribution >= 4 is 5.91 Å². The Balaban J connectivity index is 1.64. The van der Waals surface area contributed by atoms with Crippen molar-refractivity contribution in [2.45, 2.75) is 71.0 Å². The lowest BCUT2D eigenvalue weighted by Crippen LogP contribution is -2.42. The van der Waals surface area contributed by atoms with Crippen LogP contribution in [0.2, 0.25) is 0 Å². The van der Waals surface area contributed by atoms with E-state index in [0.29, 0.717) is 24.3 Å². The van der Waals surface area contributed by atoms with Crippen LogP contribution >= 0.6 is 0 Å². The van der Waals surface area contributed by atoms with Crippen molar-refractivity contribution in [3.63, 3.8) is 0 Å². The Morgan fingerprint density at radius 1 is 1.46 bits per heavy atom. The van der Waals surface area contributed by atoms with Crippen LogP contribution in [0.3, 0.4) is 0 Å². The largest absolute Gasteiger partial charge is 0.339 e. The molecule has 1 aromatic rings. The van der Waals surface area contributed by atoms with Gasteiger partial charge in [0.05, 0.1) is 6.54 Å². The molecule has 0 aromatic carbocycles. The van der Waals surface area contributed by atoms with Crippen molar-refractivity contribution in [3.8, 4) is 0 Å². The molecule has 1 fully saturated rings. The number of carbonyl (C=O) groups is 1. The summed E-state index contributed by atoms with van der Waals surface area (Å²) in [5.41, 5.74) is 0. The second-order valence-corrected chi connectivity index (χ2v) is 7.21. The van der Waals surface area contributed by atoms with Crippen LogP contribution in [0.4, 0.5) is 0 Å². The van der Waals surface area contributed by atoms with Gasteiger partial charge in [0.2, 0.25) is 11.8 Å². The molecule has 0 bridgehead atoms. The Bertz CT molecular complexity index is 596. The summed E-state index contributed by atoms with van der Waals surface area (Å²) in [6, 6.07) is 0.772. The minimum atomic E-state index is 0.0805. The molecular formula is C18H28N4O2. The first-order chi connectivity index (χ1) is 11.5. The molecular weight excluding hydrogens is 304 g/mol. The number of nitrogens with zero attached hydrogens (tertiary/aromatic N) is 4. The Morgan fingerprint density at radius 3 is 2.92 bits per heavy atom. The minimum absolute atomic E-state index is 0.0805. The first-order valence-electron chi connectivity index (χ1n) is 9.05.